The summed E-state index contributed by atoms with van der Waals surface area (Å²) >= 11 is 1.73. The van der Waals surface area contributed by atoms with E-state index in [1.54, 1.807) is 25.7 Å². The van der Waals surface area contributed by atoms with E-state index in [0.717, 1.165) is 29.0 Å². The molecule has 0 spiro atoms. The SMILES string of the molecule is CSCC[C@@H](NC(=O)N(C)Cc1nnc(C)o1)c1nc2ccccc2[nH]1. The molecule has 0 aliphatic rings. The number of nitrogens with one attached hydrogen (secondary N) is 2. The molecule has 2 amide bonds. The van der Waals surface area contributed by atoms with E-state index in [-0.39, 0.29) is 18.6 Å². The van der Waals surface area contributed by atoms with E-state index in [2.05, 4.69) is 25.5 Å². The van der Waals surface area contributed by atoms with Gasteiger partial charge in [-0.1, -0.05) is 12.1 Å². The van der Waals surface area contributed by atoms with Crippen molar-refractivity contribution in [1.29, 1.82) is 0 Å². The number of hydrogen-bond acceptors (Lipinski definition) is 6. The van der Waals surface area contributed by atoms with Crippen LogP contribution >= 0.6 is 11.8 Å². The van der Waals surface area contributed by atoms with Gasteiger partial charge >= 0.3 is 6.03 Å². The van der Waals surface area contributed by atoms with Crippen LogP contribution in [0, 0.1) is 6.92 Å². The quantitative estimate of drug-likeness (QED) is 0.660. The van der Waals surface area contributed by atoms with Crippen LogP contribution in [0.25, 0.3) is 11.0 Å². The second kappa shape index (κ2) is 8.22. The Hall–Kier alpha value is -2.55. The lowest BCUT2D eigenvalue weighted by molar-refractivity contribution is 0.197. The van der Waals surface area contributed by atoms with Gasteiger partial charge in [-0.25, -0.2) is 9.78 Å². The van der Waals surface area contributed by atoms with Crippen LogP contribution in [0.1, 0.15) is 30.1 Å². The number of aryl methyl sites for hydroxylation is 1. The van der Waals surface area contributed by atoms with Gasteiger partial charge in [0.25, 0.3) is 0 Å². The van der Waals surface area contributed by atoms with Crippen LogP contribution in [0.15, 0.2) is 28.7 Å². The molecule has 2 N–H and O–H groups in total. The predicted octanol–water partition coefficient (Wildman–Crippen LogP) is 2.89. The van der Waals surface area contributed by atoms with Gasteiger partial charge in [-0.15, -0.1) is 10.2 Å². The molecule has 0 radical (unpaired) electrons. The molecule has 0 saturated heterocycles. The minimum Gasteiger partial charge on any atom is -0.424 e. The van der Waals surface area contributed by atoms with Gasteiger partial charge < -0.3 is 19.6 Å². The number of fused-ring (bicyclic) bond motifs is 1. The lowest BCUT2D eigenvalue weighted by Gasteiger charge is -2.21. The van der Waals surface area contributed by atoms with E-state index in [1.165, 1.54) is 4.90 Å². The Morgan fingerprint density at radius 2 is 2.19 bits per heavy atom. The molecule has 0 aliphatic carbocycles. The Kier molecular flexibility index (Phi) is 5.77. The van der Waals surface area contributed by atoms with Crippen molar-refractivity contribution in [3.8, 4) is 0 Å². The van der Waals surface area contributed by atoms with Crippen molar-refractivity contribution >= 4 is 28.8 Å². The fourth-order valence-corrected chi connectivity index (χ4v) is 3.06. The van der Waals surface area contributed by atoms with Gasteiger partial charge in [0, 0.05) is 14.0 Å². The van der Waals surface area contributed by atoms with Gasteiger partial charge in [0.2, 0.25) is 11.8 Å². The summed E-state index contributed by atoms with van der Waals surface area (Å²) in [5.74, 6) is 2.56. The summed E-state index contributed by atoms with van der Waals surface area (Å²) in [7, 11) is 1.69. The highest BCUT2D eigenvalue weighted by Gasteiger charge is 2.21. The molecule has 3 aromatic rings. The van der Waals surface area contributed by atoms with Crippen molar-refractivity contribution in [2.75, 3.05) is 19.1 Å². The number of para-hydroxylation sites is 2. The van der Waals surface area contributed by atoms with Crippen molar-refractivity contribution in [2.45, 2.75) is 25.9 Å². The van der Waals surface area contributed by atoms with Gasteiger partial charge in [-0.3, -0.25) is 0 Å². The first-order chi connectivity index (χ1) is 12.6. The number of carbonyl (C=O) groups excluding carboxylic acids is 1. The minimum absolute atomic E-state index is 0.200. The third kappa shape index (κ3) is 4.34. The third-order valence-electron chi connectivity index (χ3n) is 3.93. The van der Waals surface area contributed by atoms with E-state index in [9.17, 15) is 4.79 Å². The number of imidazole rings is 1. The van der Waals surface area contributed by atoms with Crippen LogP contribution in [0.4, 0.5) is 4.79 Å². The summed E-state index contributed by atoms with van der Waals surface area (Å²) in [5, 5.41) is 10.7. The molecule has 3 rings (SSSR count). The van der Waals surface area contributed by atoms with Gasteiger partial charge in [0.05, 0.1) is 17.1 Å². The molecular weight excluding hydrogens is 352 g/mol. The minimum atomic E-state index is -0.215. The van der Waals surface area contributed by atoms with E-state index < -0.39 is 0 Å². The maximum absolute atomic E-state index is 12.6. The number of aromatic nitrogens is 4. The van der Waals surface area contributed by atoms with Crippen LogP contribution in [0.2, 0.25) is 0 Å². The first kappa shape index (κ1) is 18.2. The zero-order valence-electron chi connectivity index (χ0n) is 15.0. The highest BCUT2D eigenvalue weighted by atomic mass is 32.2. The molecule has 1 aromatic carbocycles. The first-order valence-corrected chi connectivity index (χ1v) is 9.70. The van der Waals surface area contributed by atoms with Crippen LogP contribution in [-0.4, -0.2) is 50.2 Å². The number of thioether (sulfide) groups is 1. The van der Waals surface area contributed by atoms with Gasteiger partial charge in [-0.05, 0) is 30.6 Å². The number of hydrogen-bond donors (Lipinski definition) is 2. The van der Waals surface area contributed by atoms with Crippen molar-refractivity contribution in [2.24, 2.45) is 0 Å². The predicted molar refractivity (Wildman–Crippen MR) is 101 cm³/mol. The Labute approximate surface area is 155 Å². The molecule has 0 fully saturated rings. The van der Waals surface area contributed by atoms with Gasteiger partial charge in [0.15, 0.2) is 0 Å². The molecule has 0 aliphatic heterocycles. The topological polar surface area (TPSA) is 99.9 Å². The Morgan fingerprint density at radius 1 is 1.38 bits per heavy atom. The van der Waals surface area contributed by atoms with Crippen LogP contribution in [0.5, 0.6) is 0 Å². The summed E-state index contributed by atoms with van der Waals surface area (Å²) < 4.78 is 5.33. The number of nitrogens with zero attached hydrogens (tertiary/aromatic N) is 4. The van der Waals surface area contributed by atoms with Gasteiger partial charge in [-0.2, -0.15) is 11.8 Å². The highest BCUT2D eigenvalue weighted by Crippen LogP contribution is 2.20. The van der Waals surface area contributed by atoms with Crippen molar-refractivity contribution < 1.29 is 9.21 Å². The molecule has 0 unspecified atom stereocenters. The number of rotatable bonds is 7. The monoisotopic (exact) mass is 374 g/mol. The fraction of sp³-hybridized carbons (Fsp3) is 0.412. The molecule has 2 aromatic heterocycles. The second-order valence-electron chi connectivity index (χ2n) is 5.99. The molecule has 9 heteroatoms. The van der Waals surface area contributed by atoms with Gasteiger partial charge in [0.1, 0.15) is 12.4 Å². The van der Waals surface area contributed by atoms with E-state index >= 15 is 0 Å². The molecule has 2 heterocycles. The zero-order chi connectivity index (χ0) is 18.5. The summed E-state index contributed by atoms with van der Waals surface area (Å²) in [6, 6.07) is 7.42. The van der Waals surface area contributed by atoms with E-state index in [0.29, 0.717) is 11.8 Å². The molecule has 0 bridgehead atoms. The Balaban J connectivity index is 1.71. The number of carbonyl (C=O) groups is 1. The van der Waals surface area contributed by atoms with E-state index in [1.807, 2.05) is 30.5 Å². The number of H-pyrrole nitrogens is 1. The number of benzene rings is 1. The van der Waals surface area contributed by atoms with E-state index in [4.69, 9.17) is 4.42 Å². The van der Waals surface area contributed by atoms with Crippen LogP contribution < -0.4 is 5.32 Å². The number of aromatic amines is 1. The summed E-state index contributed by atoms with van der Waals surface area (Å²) in [5.41, 5.74) is 1.85. The number of amides is 2. The third-order valence-corrected chi connectivity index (χ3v) is 4.58. The smallest absolute Gasteiger partial charge is 0.318 e. The standard InChI is InChI=1S/C17H22N6O2S/c1-11-21-22-15(25-11)10-23(2)17(24)20-14(8-9-26-3)16-18-12-6-4-5-7-13(12)19-16/h4-7,14H,8-10H2,1-3H3,(H,18,19)(H,20,24)/t14-/m1/s1. The molecule has 8 nitrogen and oxygen atoms in total. The normalized spacial score (nSPS) is 12.3. The molecule has 26 heavy (non-hydrogen) atoms. The van der Waals surface area contributed by atoms with Crippen LogP contribution in [-0.2, 0) is 6.54 Å². The highest BCUT2D eigenvalue weighted by molar-refractivity contribution is 7.98. The Bertz CT molecular complexity index is 844. The Morgan fingerprint density at radius 3 is 2.88 bits per heavy atom. The van der Waals surface area contributed by atoms with Crippen molar-refractivity contribution in [3.05, 3.63) is 41.9 Å². The lowest BCUT2D eigenvalue weighted by Crippen LogP contribution is -2.39. The van der Waals surface area contributed by atoms with Crippen molar-refractivity contribution in [1.82, 2.24) is 30.4 Å². The number of urea groups is 1. The van der Waals surface area contributed by atoms with Crippen molar-refractivity contribution in [3.63, 3.8) is 0 Å². The molecule has 0 saturated carbocycles. The second-order valence-corrected chi connectivity index (χ2v) is 6.98. The lowest BCUT2D eigenvalue weighted by atomic mass is 10.2. The molecule has 138 valence electrons. The summed E-state index contributed by atoms with van der Waals surface area (Å²) in [6.07, 6.45) is 2.82. The average molecular weight is 374 g/mol. The first-order valence-electron chi connectivity index (χ1n) is 8.31. The molecular formula is C17H22N6O2S. The zero-order valence-corrected chi connectivity index (χ0v) is 15.8. The average Bonchev–Trinajstić information content (AvgIpc) is 3.24. The molecule has 1 atom stereocenters. The van der Waals surface area contributed by atoms with Crippen LogP contribution in [0.3, 0.4) is 0 Å². The summed E-state index contributed by atoms with van der Waals surface area (Å²) in [4.78, 5) is 22.0. The maximum Gasteiger partial charge on any atom is 0.318 e. The largest absolute Gasteiger partial charge is 0.424 e. The maximum atomic E-state index is 12.6. The summed E-state index contributed by atoms with van der Waals surface area (Å²) in [6.45, 7) is 1.97. The fourth-order valence-electron chi connectivity index (χ4n) is 2.59.